The Morgan fingerprint density at radius 3 is 2.79 bits per heavy atom. The molecule has 1 atom stereocenters. The maximum Gasteiger partial charge on any atom is 0.223 e. The highest BCUT2D eigenvalue weighted by Crippen LogP contribution is 2.24. The number of nitrogens with one attached hydrogen (secondary N) is 1. The fourth-order valence-electron chi connectivity index (χ4n) is 1.78. The maximum absolute atomic E-state index is 11.5. The smallest absolute Gasteiger partial charge is 0.223 e. The third-order valence-corrected chi connectivity index (χ3v) is 2.85. The molecule has 0 radical (unpaired) electrons. The van der Waals surface area contributed by atoms with Crippen LogP contribution in [0, 0.1) is 5.92 Å². The summed E-state index contributed by atoms with van der Waals surface area (Å²) in [5.74, 6) is 0.380. The van der Waals surface area contributed by atoms with E-state index in [1.807, 2.05) is 0 Å². The van der Waals surface area contributed by atoms with Crippen LogP contribution in [0.5, 0.6) is 0 Å². The highest BCUT2D eigenvalue weighted by molar-refractivity contribution is 6.21. The average Bonchev–Trinajstić information content (AvgIpc) is 2.67. The number of hydrogen-bond donors (Lipinski definition) is 1. The molecule has 1 aliphatic rings. The van der Waals surface area contributed by atoms with Gasteiger partial charge in [0.25, 0.3) is 0 Å². The number of hydrogen-bond acceptors (Lipinski definition) is 2. The van der Waals surface area contributed by atoms with Gasteiger partial charge < -0.3 is 10.1 Å². The van der Waals surface area contributed by atoms with Crippen molar-refractivity contribution in [3.8, 4) is 0 Å². The number of carbonyl (C=O) groups excluding carboxylic acids is 1. The van der Waals surface area contributed by atoms with Crippen LogP contribution in [0.25, 0.3) is 0 Å². The second-order valence-electron chi connectivity index (χ2n) is 3.78. The topological polar surface area (TPSA) is 38.3 Å². The Balaban J connectivity index is 2.13. The summed E-state index contributed by atoms with van der Waals surface area (Å²) in [5, 5.41) is 2.74. The molecule has 0 aromatic rings. The molecule has 1 amide bonds. The molecule has 0 aromatic heterocycles. The van der Waals surface area contributed by atoms with Crippen LogP contribution in [-0.2, 0) is 9.53 Å². The molecule has 14 heavy (non-hydrogen) atoms. The minimum Gasteiger partial charge on any atom is -0.383 e. The first-order valence-corrected chi connectivity index (χ1v) is 5.58. The molecule has 1 saturated carbocycles. The van der Waals surface area contributed by atoms with Crippen molar-refractivity contribution in [3.63, 3.8) is 0 Å². The van der Waals surface area contributed by atoms with Crippen molar-refractivity contribution in [2.24, 2.45) is 5.92 Å². The summed E-state index contributed by atoms with van der Waals surface area (Å²) in [6.45, 7) is 0.983. The van der Waals surface area contributed by atoms with Crippen molar-refractivity contribution in [2.45, 2.75) is 31.1 Å². The van der Waals surface area contributed by atoms with Gasteiger partial charge in [-0.2, -0.15) is 0 Å². The molecular formula is C10H18ClNO2. The van der Waals surface area contributed by atoms with Gasteiger partial charge in [0.2, 0.25) is 5.91 Å². The molecule has 1 aliphatic carbocycles. The van der Waals surface area contributed by atoms with E-state index in [1.165, 1.54) is 12.8 Å². The molecule has 82 valence electrons. The fourth-order valence-corrected chi connectivity index (χ4v) is 1.99. The van der Waals surface area contributed by atoms with E-state index in [9.17, 15) is 4.79 Å². The van der Waals surface area contributed by atoms with Crippen molar-refractivity contribution < 1.29 is 9.53 Å². The first kappa shape index (κ1) is 11.8. The SMILES string of the molecule is COCC(Cl)CNC(=O)C1CCCC1. The zero-order valence-electron chi connectivity index (χ0n) is 8.59. The predicted molar refractivity (Wildman–Crippen MR) is 56.5 cm³/mol. The van der Waals surface area contributed by atoms with E-state index < -0.39 is 0 Å². The first-order valence-electron chi connectivity index (χ1n) is 5.14. The van der Waals surface area contributed by atoms with Gasteiger partial charge in [0.1, 0.15) is 0 Å². The van der Waals surface area contributed by atoms with Crippen molar-refractivity contribution in [3.05, 3.63) is 0 Å². The zero-order chi connectivity index (χ0) is 10.4. The molecule has 0 heterocycles. The molecule has 0 spiro atoms. The molecule has 0 aromatic carbocycles. The van der Waals surface area contributed by atoms with E-state index in [0.717, 1.165) is 12.8 Å². The van der Waals surface area contributed by atoms with Crippen LogP contribution in [0.2, 0.25) is 0 Å². The van der Waals surface area contributed by atoms with Crippen LogP contribution in [-0.4, -0.2) is 31.5 Å². The standard InChI is InChI=1S/C10H18ClNO2/c1-14-7-9(11)6-12-10(13)8-4-2-3-5-8/h8-9H,2-7H2,1H3,(H,12,13). The Labute approximate surface area is 90.1 Å². The van der Waals surface area contributed by atoms with Gasteiger partial charge >= 0.3 is 0 Å². The Morgan fingerprint density at radius 2 is 2.21 bits per heavy atom. The molecule has 1 rings (SSSR count). The second kappa shape index (κ2) is 6.25. The molecule has 0 aliphatic heterocycles. The molecule has 1 fully saturated rings. The van der Waals surface area contributed by atoms with Gasteiger partial charge in [0, 0.05) is 19.6 Å². The van der Waals surface area contributed by atoms with Gasteiger partial charge in [0.05, 0.1) is 12.0 Å². The molecule has 0 saturated heterocycles. The summed E-state index contributed by atoms with van der Waals surface area (Å²) in [6.07, 6.45) is 4.42. The van der Waals surface area contributed by atoms with E-state index in [1.54, 1.807) is 7.11 Å². The highest BCUT2D eigenvalue weighted by atomic mass is 35.5. The lowest BCUT2D eigenvalue weighted by Gasteiger charge is -2.12. The normalized spacial score (nSPS) is 19.6. The van der Waals surface area contributed by atoms with Gasteiger partial charge in [0.15, 0.2) is 0 Å². The predicted octanol–water partition coefficient (Wildman–Crippen LogP) is 1.55. The van der Waals surface area contributed by atoms with Crippen LogP contribution >= 0.6 is 11.6 Å². The lowest BCUT2D eigenvalue weighted by molar-refractivity contribution is -0.124. The van der Waals surface area contributed by atoms with E-state index in [-0.39, 0.29) is 17.2 Å². The number of rotatable bonds is 5. The van der Waals surface area contributed by atoms with Gasteiger partial charge in [-0.05, 0) is 12.8 Å². The Bertz CT molecular complexity index is 181. The lowest BCUT2D eigenvalue weighted by Crippen LogP contribution is -2.35. The van der Waals surface area contributed by atoms with Crippen LogP contribution < -0.4 is 5.32 Å². The quantitative estimate of drug-likeness (QED) is 0.713. The summed E-state index contributed by atoms with van der Waals surface area (Å²) in [5.41, 5.74) is 0. The summed E-state index contributed by atoms with van der Waals surface area (Å²) in [4.78, 5) is 11.5. The number of carbonyl (C=O) groups is 1. The average molecular weight is 220 g/mol. The zero-order valence-corrected chi connectivity index (χ0v) is 9.35. The van der Waals surface area contributed by atoms with E-state index in [2.05, 4.69) is 5.32 Å². The van der Waals surface area contributed by atoms with E-state index in [4.69, 9.17) is 16.3 Å². The molecule has 4 heteroatoms. The molecule has 1 unspecified atom stereocenters. The number of alkyl halides is 1. The summed E-state index contributed by atoms with van der Waals surface area (Å²) < 4.78 is 4.88. The molecule has 3 nitrogen and oxygen atoms in total. The van der Waals surface area contributed by atoms with Gasteiger partial charge in [-0.25, -0.2) is 0 Å². The summed E-state index contributed by atoms with van der Waals surface area (Å²) >= 11 is 5.89. The van der Waals surface area contributed by atoms with E-state index in [0.29, 0.717) is 13.2 Å². The Morgan fingerprint density at radius 1 is 1.57 bits per heavy atom. The van der Waals surface area contributed by atoms with Gasteiger partial charge in [-0.1, -0.05) is 12.8 Å². The lowest BCUT2D eigenvalue weighted by atomic mass is 10.1. The number of ether oxygens (including phenoxy) is 1. The number of amides is 1. The van der Waals surface area contributed by atoms with Crippen molar-refractivity contribution in [1.29, 1.82) is 0 Å². The summed E-state index contributed by atoms with van der Waals surface area (Å²) in [7, 11) is 1.61. The monoisotopic (exact) mass is 219 g/mol. The number of methoxy groups -OCH3 is 1. The maximum atomic E-state index is 11.5. The largest absolute Gasteiger partial charge is 0.383 e. The second-order valence-corrected chi connectivity index (χ2v) is 4.40. The minimum absolute atomic E-state index is 0.120. The van der Waals surface area contributed by atoms with Crippen LogP contribution in [0.4, 0.5) is 0 Å². The molecule has 0 bridgehead atoms. The third-order valence-electron chi connectivity index (χ3n) is 2.57. The van der Waals surface area contributed by atoms with Crippen LogP contribution in [0.1, 0.15) is 25.7 Å². The molecular weight excluding hydrogens is 202 g/mol. The first-order chi connectivity index (χ1) is 6.74. The van der Waals surface area contributed by atoms with Crippen molar-refractivity contribution >= 4 is 17.5 Å². The van der Waals surface area contributed by atoms with Crippen molar-refractivity contribution in [2.75, 3.05) is 20.3 Å². The summed E-state index contributed by atoms with van der Waals surface area (Å²) in [6, 6.07) is 0. The molecule has 1 N–H and O–H groups in total. The third kappa shape index (κ3) is 3.84. The van der Waals surface area contributed by atoms with E-state index >= 15 is 0 Å². The van der Waals surface area contributed by atoms with Crippen LogP contribution in [0.3, 0.4) is 0 Å². The van der Waals surface area contributed by atoms with Gasteiger partial charge in [-0.3, -0.25) is 4.79 Å². The van der Waals surface area contributed by atoms with Crippen molar-refractivity contribution in [1.82, 2.24) is 5.32 Å². The van der Waals surface area contributed by atoms with Crippen LogP contribution in [0.15, 0.2) is 0 Å². The minimum atomic E-state index is -0.120. The highest BCUT2D eigenvalue weighted by Gasteiger charge is 2.22. The number of halogens is 1. The Kier molecular flexibility index (Phi) is 5.26. The Hall–Kier alpha value is -0.280. The fraction of sp³-hybridized carbons (Fsp3) is 0.900. The van der Waals surface area contributed by atoms with Gasteiger partial charge in [-0.15, -0.1) is 11.6 Å².